The van der Waals surface area contributed by atoms with Gasteiger partial charge in [-0.1, -0.05) is 66.9 Å². The first-order valence-corrected chi connectivity index (χ1v) is 7.54. The fourth-order valence-corrected chi connectivity index (χ4v) is 1.80. The molecule has 0 spiro atoms. The molecule has 2 aromatic carbocycles. The molecule has 0 nitrogen and oxygen atoms in total. The fourth-order valence-electron chi connectivity index (χ4n) is 1.69. The molecule has 0 atom stereocenters. The van der Waals surface area contributed by atoms with E-state index >= 15 is 0 Å². The molecule has 0 aliphatic rings. The molecule has 1 heteroatoms. The molecule has 0 N–H and O–H groups in total. The van der Waals surface area contributed by atoms with Gasteiger partial charge in [0.05, 0.1) is 0 Å². The summed E-state index contributed by atoms with van der Waals surface area (Å²) in [7, 11) is 0. The summed E-state index contributed by atoms with van der Waals surface area (Å²) in [6.45, 7) is 14.5. The molecule has 0 amide bonds. The Kier molecular flexibility index (Phi) is 9.00. The SMILES string of the molecule is CC.Cc1ccc(C)c(C)c1.Cc1ccc(Cl)c(C)c1. The van der Waals surface area contributed by atoms with Gasteiger partial charge in [0, 0.05) is 5.02 Å². The van der Waals surface area contributed by atoms with Crippen LogP contribution in [0, 0.1) is 34.6 Å². The van der Waals surface area contributed by atoms with Crippen molar-refractivity contribution in [3.63, 3.8) is 0 Å². The molecule has 0 unspecified atom stereocenters. The Morgan fingerprint density at radius 2 is 1.05 bits per heavy atom. The fraction of sp³-hybridized carbons (Fsp3) is 0.368. The van der Waals surface area contributed by atoms with Crippen LogP contribution in [0.3, 0.4) is 0 Å². The Balaban J connectivity index is 0.000000321. The second-order valence-corrected chi connectivity index (χ2v) is 5.25. The summed E-state index contributed by atoms with van der Waals surface area (Å²) in [6.07, 6.45) is 0. The molecule has 0 saturated carbocycles. The summed E-state index contributed by atoms with van der Waals surface area (Å²) in [6, 6.07) is 12.5. The van der Waals surface area contributed by atoms with E-state index in [1.165, 1.54) is 22.3 Å². The van der Waals surface area contributed by atoms with Crippen LogP contribution in [0.2, 0.25) is 5.02 Å². The second-order valence-electron chi connectivity index (χ2n) is 4.84. The Hall–Kier alpha value is -1.27. The predicted molar refractivity (Wildman–Crippen MR) is 92.9 cm³/mol. The van der Waals surface area contributed by atoms with Crippen molar-refractivity contribution >= 4 is 11.6 Å². The zero-order chi connectivity index (χ0) is 15.7. The third kappa shape index (κ3) is 6.77. The first kappa shape index (κ1) is 18.7. The summed E-state index contributed by atoms with van der Waals surface area (Å²) >= 11 is 5.78. The minimum atomic E-state index is 0.848. The molecule has 2 rings (SSSR count). The van der Waals surface area contributed by atoms with E-state index in [0.29, 0.717) is 0 Å². The molecule has 0 aliphatic heterocycles. The van der Waals surface area contributed by atoms with Crippen LogP contribution in [0.15, 0.2) is 36.4 Å². The summed E-state index contributed by atoms with van der Waals surface area (Å²) in [5.41, 5.74) is 6.52. The first-order valence-electron chi connectivity index (χ1n) is 7.17. The maximum absolute atomic E-state index is 5.78. The highest BCUT2D eigenvalue weighted by atomic mass is 35.5. The van der Waals surface area contributed by atoms with Crippen molar-refractivity contribution in [2.24, 2.45) is 0 Å². The van der Waals surface area contributed by atoms with Crippen LogP contribution in [0.5, 0.6) is 0 Å². The standard InChI is InChI=1S/C9H12.C8H9Cl.C2H6/c1-7-4-5-8(2)9(3)6-7;1-6-3-4-8(9)7(2)5-6;1-2/h4-6H,1-3H3;3-5H,1-2H3;1-2H3. The van der Waals surface area contributed by atoms with Gasteiger partial charge in [0.2, 0.25) is 0 Å². The third-order valence-corrected chi connectivity index (χ3v) is 3.40. The van der Waals surface area contributed by atoms with E-state index in [9.17, 15) is 0 Å². The highest BCUT2D eigenvalue weighted by Crippen LogP contribution is 2.15. The molecule has 0 aromatic heterocycles. The Morgan fingerprint density at radius 3 is 1.40 bits per heavy atom. The molecule has 0 radical (unpaired) electrons. The van der Waals surface area contributed by atoms with Crippen LogP contribution in [-0.4, -0.2) is 0 Å². The van der Waals surface area contributed by atoms with Gasteiger partial charge in [-0.3, -0.25) is 0 Å². The van der Waals surface area contributed by atoms with Crippen molar-refractivity contribution in [2.45, 2.75) is 48.5 Å². The monoisotopic (exact) mass is 290 g/mol. The summed E-state index contributed by atoms with van der Waals surface area (Å²) in [4.78, 5) is 0. The van der Waals surface area contributed by atoms with E-state index in [4.69, 9.17) is 11.6 Å². The third-order valence-electron chi connectivity index (χ3n) is 2.98. The summed E-state index contributed by atoms with van der Waals surface area (Å²) in [5, 5.41) is 0.848. The lowest BCUT2D eigenvalue weighted by atomic mass is 10.1. The summed E-state index contributed by atoms with van der Waals surface area (Å²) < 4.78 is 0. The minimum absolute atomic E-state index is 0.848. The van der Waals surface area contributed by atoms with E-state index < -0.39 is 0 Å². The molecular formula is C19H27Cl. The predicted octanol–water partition coefficient (Wildman–Crippen LogP) is 6.59. The average molecular weight is 291 g/mol. The van der Waals surface area contributed by atoms with Crippen molar-refractivity contribution in [3.05, 3.63) is 69.2 Å². The van der Waals surface area contributed by atoms with Gasteiger partial charge in [0.15, 0.2) is 0 Å². The molecule has 0 aliphatic carbocycles. The van der Waals surface area contributed by atoms with Crippen molar-refractivity contribution in [3.8, 4) is 0 Å². The minimum Gasteiger partial charge on any atom is -0.0841 e. The Bertz CT molecular complexity index is 478. The van der Waals surface area contributed by atoms with Gasteiger partial charge in [0.1, 0.15) is 0 Å². The van der Waals surface area contributed by atoms with Crippen LogP contribution in [-0.2, 0) is 0 Å². The average Bonchev–Trinajstić information content (AvgIpc) is 2.42. The number of hydrogen-bond donors (Lipinski definition) is 0. The van der Waals surface area contributed by atoms with Crippen molar-refractivity contribution in [2.75, 3.05) is 0 Å². The number of hydrogen-bond acceptors (Lipinski definition) is 0. The quantitative estimate of drug-likeness (QED) is 0.513. The first-order chi connectivity index (χ1) is 9.40. The second kappa shape index (κ2) is 9.61. The maximum atomic E-state index is 5.78. The smallest absolute Gasteiger partial charge is 0.0435 e. The Labute approximate surface area is 129 Å². The van der Waals surface area contributed by atoms with Crippen LogP contribution in [0.25, 0.3) is 0 Å². The maximum Gasteiger partial charge on any atom is 0.0435 e. The van der Waals surface area contributed by atoms with E-state index in [1.54, 1.807) is 0 Å². The lowest BCUT2D eigenvalue weighted by molar-refractivity contribution is 1.30. The van der Waals surface area contributed by atoms with Crippen molar-refractivity contribution in [1.82, 2.24) is 0 Å². The molecule has 0 heterocycles. The van der Waals surface area contributed by atoms with Crippen molar-refractivity contribution < 1.29 is 0 Å². The zero-order valence-corrected chi connectivity index (χ0v) is 14.6. The number of rotatable bonds is 0. The molecule has 0 saturated heterocycles. The number of benzene rings is 2. The molecular weight excluding hydrogens is 264 g/mol. The normalized spacial score (nSPS) is 9.00. The van der Waals surface area contributed by atoms with Gasteiger partial charge in [-0.25, -0.2) is 0 Å². The summed E-state index contributed by atoms with van der Waals surface area (Å²) in [5.74, 6) is 0. The number of aryl methyl sites for hydroxylation is 5. The van der Waals surface area contributed by atoms with Crippen LogP contribution in [0.1, 0.15) is 41.7 Å². The zero-order valence-electron chi connectivity index (χ0n) is 13.8. The van der Waals surface area contributed by atoms with Gasteiger partial charge in [-0.2, -0.15) is 0 Å². The van der Waals surface area contributed by atoms with E-state index in [0.717, 1.165) is 10.6 Å². The van der Waals surface area contributed by atoms with E-state index in [2.05, 4.69) is 52.0 Å². The number of halogens is 1. The molecule has 20 heavy (non-hydrogen) atoms. The van der Waals surface area contributed by atoms with Gasteiger partial charge in [0.25, 0.3) is 0 Å². The van der Waals surface area contributed by atoms with Gasteiger partial charge < -0.3 is 0 Å². The Morgan fingerprint density at radius 1 is 0.600 bits per heavy atom. The van der Waals surface area contributed by atoms with Crippen LogP contribution >= 0.6 is 11.6 Å². The van der Waals surface area contributed by atoms with Crippen molar-refractivity contribution in [1.29, 1.82) is 0 Å². The van der Waals surface area contributed by atoms with Gasteiger partial charge >= 0.3 is 0 Å². The molecule has 2 aromatic rings. The lowest BCUT2D eigenvalue weighted by Gasteiger charge is -1.98. The highest BCUT2D eigenvalue weighted by molar-refractivity contribution is 6.31. The van der Waals surface area contributed by atoms with Crippen LogP contribution in [0.4, 0.5) is 0 Å². The van der Waals surface area contributed by atoms with E-state index in [-0.39, 0.29) is 0 Å². The van der Waals surface area contributed by atoms with Gasteiger partial charge in [-0.15, -0.1) is 0 Å². The van der Waals surface area contributed by atoms with Crippen LogP contribution < -0.4 is 0 Å². The molecule has 110 valence electrons. The highest BCUT2D eigenvalue weighted by Gasteiger charge is 1.91. The lowest BCUT2D eigenvalue weighted by Crippen LogP contribution is -1.79. The van der Waals surface area contributed by atoms with Gasteiger partial charge in [-0.05, 0) is 57.4 Å². The molecule has 0 fully saturated rings. The van der Waals surface area contributed by atoms with E-state index in [1.807, 2.05) is 32.9 Å². The topological polar surface area (TPSA) is 0 Å². The largest absolute Gasteiger partial charge is 0.0841 e. The molecule has 0 bridgehead atoms.